The van der Waals surface area contributed by atoms with Gasteiger partial charge in [-0.15, -0.1) is 0 Å². The van der Waals surface area contributed by atoms with Gasteiger partial charge in [0.25, 0.3) is 10.0 Å². The molecule has 0 saturated carbocycles. The van der Waals surface area contributed by atoms with Crippen LogP contribution in [0, 0.1) is 12.8 Å². The summed E-state index contributed by atoms with van der Waals surface area (Å²) in [5, 5.41) is 3.86. The third-order valence-corrected chi connectivity index (χ3v) is 9.23. The molecule has 11 heteroatoms. The van der Waals surface area contributed by atoms with Gasteiger partial charge < -0.3 is 10.2 Å². The minimum Gasteiger partial charge on any atom is -0.354 e. The van der Waals surface area contributed by atoms with Crippen LogP contribution in [0.3, 0.4) is 0 Å². The molecule has 0 heterocycles. The van der Waals surface area contributed by atoms with Gasteiger partial charge >= 0.3 is 0 Å². The Morgan fingerprint density at radius 3 is 2.15 bits per heavy atom. The molecular weight excluding hydrogens is 605 g/mol. The van der Waals surface area contributed by atoms with Crippen molar-refractivity contribution in [1.82, 2.24) is 10.2 Å². The topological polar surface area (TPSA) is 86.8 Å². The Morgan fingerprint density at radius 1 is 0.927 bits per heavy atom. The summed E-state index contributed by atoms with van der Waals surface area (Å²) in [6, 6.07) is 16.7. The average Bonchev–Trinajstić information content (AvgIpc) is 2.93. The Morgan fingerprint density at radius 2 is 1.56 bits per heavy atom. The molecule has 3 aromatic rings. The summed E-state index contributed by atoms with van der Waals surface area (Å²) in [5.41, 5.74) is 1.31. The number of aryl methyl sites for hydroxylation is 1. The summed E-state index contributed by atoms with van der Waals surface area (Å²) in [7, 11) is -4.21. The number of rotatable bonds is 12. The second-order valence-electron chi connectivity index (χ2n) is 10.0. The van der Waals surface area contributed by atoms with E-state index in [1.54, 1.807) is 62.4 Å². The fourth-order valence-electron chi connectivity index (χ4n) is 4.28. The van der Waals surface area contributed by atoms with Crippen molar-refractivity contribution in [3.8, 4) is 0 Å². The van der Waals surface area contributed by atoms with Crippen molar-refractivity contribution < 1.29 is 18.0 Å². The van der Waals surface area contributed by atoms with Crippen molar-refractivity contribution >= 4 is 62.3 Å². The molecule has 1 atom stereocenters. The van der Waals surface area contributed by atoms with Crippen LogP contribution in [0.1, 0.15) is 38.3 Å². The van der Waals surface area contributed by atoms with E-state index in [9.17, 15) is 18.0 Å². The lowest BCUT2D eigenvalue weighted by Crippen LogP contribution is -2.52. The molecule has 3 aromatic carbocycles. The number of nitrogens with one attached hydrogen (secondary N) is 1. The van der Waals surface area contributed by atoms with Gasteiger partial charge in [-0.05, 0) is 61.2 Å². The molecule has 1 unspecified atom stereocenters. The Hall–Kier alpha value is -2.78. The van der Waals surface area contributed by atoms with E-state index in [1.807, 2.05) is 13.8 Å². The van der Waals surface area contributed by atoms with E-state index in [2.05, 4.69) is 5.32 Å². The molecule has 0 fully saturated rings. The highest BCUT2D eigenvalue weighted by molar-refractivity contribution is 7.92. The van der Waals surface area contributed by atoms with Crippen molar-refractivity contribution in [2.75, 3.05) is 17.4 Å². The molecule has 1 N–H and O–H groups in total. The summed E-state index contributed by atoms with van der Waals surface area (Å²) in [5.74, 6) is -0.767. The Kier molecular flexibility index (Phi) is 11.5. The standard InChI is InChI=1S/C30H34Cl3N3O4S/c1-5-27(30(38)34-17-20(2)3)35(18-24-25(32)12-9-13-26(24)33)29(37)19-36(28-16-22(31)15-14-21(28)4)41(39,40)23-10-7-6-8-11-23/h6-16,20,27H,5,17-19H2,1-4H3,(H,34,38). The maximum Gasteiger partial charge on any atom is 0.264 e. The van der Waals surface area contributed by atoms with E-state index in [0.29, 0.717) is 32.7 Å². The molecular formula is C30H34Cl3N3O4S. The van der Waals surface area contributed by atoms with E-state index in [-0.39, 0.29) is 35.4 Å². The molecule has 0 radical (unpaired) electrons. The molecule has 41 heavy (non-hydrogen) atoms. The van der Waals surface area contributed by atoms with Gasteiger partial charge in [-0.2, -0.15) is 0 Å². The summed E-state index contributed by atoms with van der Waals surface area (Å²) in [6.07, 6.45) is 0.277. The number of halogens is 3. The Bertz CT molecular complexity index is 1460. The maximum absolute atomic E-state index is 14.2. The summed E-state index contributed by atoms with van der Waals surface area (Å²) < 4.78 is 29.0. The van der Waals surface area contributed by atoms with Gasteiger partial charge in [0.05, 0.1) is 10.6 Å². The largest absolute Gasteiger partial charge is 0.354 e. The van der Waals surface area contributed by atoms with E-state index in [1.165, 1.54) is 23.1 Å². The van der Waals surface area contributed by atoms with Crippen LogP contribution in [0.15, 0.2) is 71.6 Å². The van der Waals surface area contributed by atoms with Crippen molar-refractivity contribution in [1.29, 1.82) is 0 Å². The van der Waals surface area contributed by atoms with Crippen molar-refractivity contribution in [2.45, 2.75) is 51.6 Å². The number of sulfonamides is 1. The lowest BCUT2D eigenvalue weighted by Gasteiger charge is -2.34. The van der Waals surface area contributed by atoms with Gasteiger partial charge in [0, 0.05) is 33.7 Å². The number of hydrogen-bond acceptors (Lipinski definition) is 4. The fraction of sp³-hybridized carbons (Fsp3) is 0.333. The van der Waals surface area contributed by atoms with Crippen LogP contribution in [-0.2, 0) is 26.2 Å². The predicted molar refractivity (Wildman–Crippen MR) is 166 cm³/mol. The van der Waals surface area contributed by atoms with E-state index in [4.69, 9.17) is 34.8 Å². The van der Waals surface area contributed by atoms with Crippen LogP contribution < -0.4 is 9.62 Å². The minimum atomic E-state index is -4.21. The molecule has 0 aliphatic carbocycles. The number of carbonyl (C=O) groups is 2. The molecule has 3 rings (SSSR count). The average molecular weight is 639 g/mol. The van der Waals surface area contributed by atoms with Crippen molar-refractivity contribution in [3.05, 3.63) is 92.9 Å². The Labute approximate surface area is 257 Å². The summed E-state index contributed by atoms with van der Waals surface area (Å²) in [6.45, 7) is 7.18. The molecule has 0 saturated heterocycles. The smallest absolute Gasteiger partial charge is 0.264 e. The summed E-state index contributed by atoms with van der Waals surface area (Å²) >= 11 is 19.2. The van der Waals surface area contributed by atoms with Crippen LogP contribution in [0.5, 0.6) is 0 Å². The minimum absolute atomic E-state index is 0.00888. The first kappa shape index (κ1) is 32.7. The molecule has 220 valence electrons. The van der Waals surface area contributed by atoms with Crippen molar-refractivity contribution in [2.24, 2.45) is 5.92 Å². The molecule has 0 bridgehead atoms. The molecule has 7 nitrogen and oxygen atoms in total. The molecule has 0 aliphatic heterocycles. The van der Waals surface area contributed by atoms with Gasteiger partial charge in [0.2, 0.25) is 11.8 Å². The third-order valence-electron chi connectivity index (χ3n) is 6.51. The number of nitrogens with zero attached hydrogens (tertiary/aromatic N) is 2. The Balaban J connectivity index is 2.12. The monoisotopic (exact) mass is 637 g/mol. The highest BCUT2D eigenvalue weighted by Crippen LogP contribution is 2.31. The number of carbonyl (C=O) groups excluding carboxylic acids is 2. The first-order valence-electron chi connectivity index (χ1n) is 13.2. The van der Waals surface area contributed by atoms with E-state index < -0.39 is 28.5 Å². The lowest BCUT2D eigenvalue weighted by molar-refractivity contribution is -0.140. The molecule has 0 spiro atoms. The number of anilines is 1. The first-order valence-corrected chi connectivity index (χ1v) is 15.8. The molecule has 2 amide bonds. The van der Waals surface area contributed by atoms with Gasteiger partial charge in [-0.25, -0.2) is 8.42 Å². The predicted octanol–water partition coefficient (Wildman–Crippen LogP) is 6.73. The number of hydrogen-bond donors (Lipinski definition) is 1. The number of amides is 2. The zero-order valence-electron chi connectivity index (χ0n) is 23.4. The van der Waals surface area contributed by atoms with Gasteiger partial charge in [0.15, 0.2) is 0 Å². The van der Waals surface area contributed by atoms with Crippen LogP contribution >= 0.6 is 34.8 Å². The molecule has 0 aliphatic rings. The van der Waals surface area contributed by atoms with Crippen LogP contribution in [0.25, 0.3) is 0 Å². The summed E-state index contributed by atoms with van der Waals surface area (Å²) in [4.78, 5) is 28.9. The second kappa shape index (κ2) is 14.4. The van der Waals surface area contributed by atoms with Gasteiger partial charge in [0.1, 0.15) is 12.6 Å². The zero-order valence-corrected chi connectivity index (χ0v) is 26.5. The van der Waals surface area contributed by atoms with E-state index in [0.717, 1.165) is 4.31 Å². The van der Waals surface area contributed by atoms with Gasteiger partial charge in [-0.1, -0.05) is 85.9 Å². The number of benzene rings is 3. The third kappa shape index (κ3) is 8.16. The highest BCUT2D eigenvalue weighted by Gasteiger charge is 2.34. The van der Waals surface area contributed by atoms with Crippen LogP contribution in [0.2, 0.25) is 15.1 Å². The van der Waals surface area contributed by atoms with Crippen LogP contribution in [0.4, 0.5) is 5.69 Å². The SMILES string of the molecule is CCC(C(=O)NCC(C)C)N(Cc1c(Cl)cccc1Cl)C(=O)CN(c1cc(Cl)ccc1C)S(=O)(=O)c1ccccc1. The van der Waals surface area contributed by atoms with Crippen LogP contribution in [-0.4, -0.2) is 44.3 Å². The molecule has 0 aromatic heterocycles. The lowest BCUT2D eigenvalue weighted by atomic mass is 10.1. The quantitative estimate of drug-likeness (QED) is 0.238. The van der Waals surface area contributed by atoms with Crippen molar-refractivity contribution in [3.63, 3.8) is 0 Å². The highest BCUT2D eigenvalue weighted by atomic mass is 35.5. The fourth-order valence-corrected chi connectivity index (χ4v) is 6.45. The zero-order chi connectivity index (χ0) is 30.3. The van der Waals surface area contributed by atoms with E-state index >= 15 is 0 Å². The van der Waals surface area contributed by atoms with Gasteiger partial charge in [-0.3, -0.25) is 13.9 Å². The first-order chi connectivity index (χ1) is 19.4. The second-order valence-corrected chi connectivity index (χ2v) is 13.2. The maximum atomic E-state index is 14.2. The normalized spacial score (nSPS) is 12.2.